The van der Waals surface area contributed by atoms with Crippen LogP contribution in [0.4, 0.5) is 5.69 Å². The van der Waals surface area contributed by atoms with Crippen LogP contribution < -0.4 is 9.64 Å². The lowest BCUT2D eigenvalue weighted by molar-refractivity contribution is -0.121. The summed E-state index contributed by atoms with van der Waals surface area (Å²) in [5.74, 6) is -2.08. The van der Waals surface area contributed by atoms with E-state index in [4.69, 9.17) is 14.9 Å². The number of carboxylic acid groups (broad SMARTS) is 2. The smallest absolute Gasteiger partial charge is 0.335 e. The van der Waals surface area contributed by atoms with Crippen molar-refractivity contribution in [2.75, 3.05) is 11.5 Å². The second-order valence-electron chi connectivity index (χ2n) is 5.26. The molecule has 2 N–H and O–H groups in total. The van der Waals surface area contributed by atoms with E-state index in [1.165, 1.54) is 35.2 Å². The van der Waals surface area contributed by atoms with E-state index in [0.29, 0.717) is 17.0 Å². The topological polar surface area (TPSA) is 104 Å². The van der Waals surface area contributed by atoms with Gasteiger partial charge in [0.15, 0.2) is 6.61 Å². The number of anilines is 1. The zero-order chi connectivity index (χ0) is 17.3. The molecule has 0 fully saturated rings. The molecule has 1 aliphatic rings. The van der Waals surface area contributed by atoms with Crippen molar-refractivity contribution in [1.82, 2.24) is 0 Å². The molecule has 3 rings (SSSR count). The number of amides is 1. The zero-order valence-electron chi connectivity index (χ0n) is 12.4. The van der Waals surface area contributed by atoms with Crippen molar-refractivity contribution >= 4 is 23.5 Å². The predicted octanol–water partition coefficient (Wildman–Crippen LogP) is 2.01. The molecule has 0 aromatic heterocycles. The summed E-state index contributed by atoms with van der Waals surface area (Å²) in [4.78, 5) is 35.8. The van der Waals surface area contributed by atoms with Gasteiger partial charge in [-0.2, -0.15) is 0 Å². The Morgan fingerprint density at radius 1 is 1.04 bits per heavy atom. The normalized spacial score (nSPS) is 13.2. The predicted molar refractivity (Wildman–Crippen MR) is 83.5 cm³/mol. The standard InChI is InChI=1S/C17H13NO6/c19-15-9-24-14-5-4-12(17(22)23)7-13(14)18(15)8-10-2-1-3-11(6-10)16(20)21/h1-7H,8-9H2,(H,20,21)(H,22,23). The number of aromatic carboxylic acids is 2. The molecular formula is C17H13NO6. The second-order valence-corrected chi connectivity index (χ2v) is 5.26. The first-order chi connectivity index (χ1) is 11.5. The molecule has 2 aromatic carbocycles. The summed E-state index contributed by atoms with van der Waals surface area (Å²) in [6.07, 6.45) is 0. The van der Waals surface area contributed by atoms with E-state index in [1.807, 2.05) is 0 Å². The molecule has 0 saturated carbocycles. The lowest BCUT2D eigenvalue weighted by Crippen LogP contribution is -2.38. The molecule has 0 bridgehead atoms. The fraction of sp³-hybridized carbons (Fsp3) is 0.118. The van der Waals surface area contributed by atoms with Gasteiger partial charge in [0, 0.05) is 0 Å². The highest BCUT2D eigenvalue weighted by atomic mass is 16.5. The quantitative estimate of drug-likeness (QED) is 0.890. The van der Waals surface area contributed by atoms with Crippen LogP contribution in [0.1, 0.15) is 26.3 Å². The van der Waals surface area contributed by atoms with E-state index in [2.05, 4.69) is 0 Å². The summed E-state index contributed by atoms with van der Waals surface area (Å²) >= 11 is 0. The molecule has 0 aliphatic carbocycles. The van der Waals surface area contributed by atoms with Crippen LogP contribution in [-0.4, -0.2) is 34.7 Å². The van der Waals surface area contributed by atoms with Crippen LogP contribution in [0.25, 0.3) is 0 Å². The van der Waals surface area contributed by atoms with Gasteiger partial charge < -0.3 is 19.8 Å². The lowest BCUT2D eigenvalue weighted by atomic mass is 10.1. The Kier molecular flexibility index (Phi) is 3.91. The monoisotopic (exact) mass is 327 g/mol. The van der Waals surface area contributed by atoms with E-state index in [0.717, 1.165) is 0 Å². The number of rotatable bonds is 4. The number of ether oxygens (including phenoxy) is 1. The van der Waals surface area contributed by atoms with E-state index in [-0.39, 0.29) is 30.2 Å². The van der Waals surface area contributed by atoms with Crippen LogP contribution in [0.3, 0.4) is 0 Å². The Hall–Kier alpha value is -3.35. The number of nitrogens with zero attached hydrogens (tertiary/aromatic N) is 1. The SMILES string of the molecule is O=C(O)c1cccc(CN2C(=O)COc3ccc(C(=O)O)cc32)c1. The van der Waals surface area contributed by atoms with E-state index in [1.54, 1.807) is 12.1 Å². The molecule has 1 aliphatic heterocycles. The first kappa shape index (κ1) is 15.5. The molecule has 122 valence electrons. The molecule has 24 heavy (non-hydrogen) atoms. The highest BCUT2D eigenvalue weighted by molar-refractivity contribution is 5.99. The highest BCUT2D eigenvalue weighted by Gasteiger charge is 2.26. The number of hydrogen-bond donors (Lipinski definition) is 2. The largest absolute Gasteiger partial charge is 0.482 e. The molecular weight excluding hydrogens is 314 g/mol. The van der Waals surface area contributed by atoms with Crippen molar-refractivity contribution in [3.63, 3.8) is 0 Å². The van der Waals surface area contributed by atoms with Crippen LogP contribution in [0.2, 0.25) is 0 Å². The first-order valence-corrected chi connectivity index (χ1v) is 7.08. The molecule has 7 nitrogen and oxygen atoms in total. The minimum absolute atomic E-state index is 0.0383. The van der Waals surface area contributed by atoms with Crippen molar-refractivity contribution in [1.29, 1.82) is 0 Å². The Morgan fingerprint density at radius 3 is 2.46 bits per heavy atom. The summed E-state index contributed by atoms with van der Waals surface area (Å²) < 4.78 is 5.32. The van der Waals surface area contributed by atoms with Crippen LogP contribution in [0, 0.1) is 0 Å². The third-order valence-electron chi connectivity index (χ3n) is 3.66. The second kappa shape index (κ2) is 6.04. The summed E-state index contributed by atoms with van der Waals surface area (Å²) in [6, 6.07) is 10.5. The third kappa shape index (κ3) is 2.91. The molecule has 2 aromatic rings. The Morgan fingerprint density at radius 2 is 1.75 bits per heavy atom. The van der Waals surface area contributed by atoms with Gasteiger partial charge in [-0.25, -0.2) is 9.59 Å². The van der Waals surface area contributed by atoms with Crippen LogP contribution in [-0.2, 0) is 11.3 Å². The zero-order valence-corrected chi connectivity index (χ0v) is 12.4. The molecule has 7 heteroatoms. The van der Waals surface area contributed by atoms with E-state index < -0.39 is 11.9 Å². The fourth-order valence-electron chi connectivity index (χ4n) is 2.49. The van der Waals surface area contributed by atoms with Crippen molar-refractivity contribution in [3.05, 3.63) is 59.2 Å². The van der Waals surface area contributed by atoms with Gasteiger partial charge in [0.05, 0.1) is 23.4 Å². The van der Waals surface area contributed by atoms with Gasteiger partial charge in [-0.3, -0.25) is 4.79 Å². The summed E-state index contributed by atoms with van der Waals surface area (Å²) in [6.45, 7) is -0.0303. The number of carboxylic acids is 2. The van der Waals surface area contributed by atoms with Gasteiger partial charge in [0.2, 0.25) is 0 Å². The van der Waals surface area contributed by atoms with E-state index in [9.17, 15) is 14.4 Å². The number of hydrogen-bond acceptors (Lipinski definition) is 4. The van der Waals surface area contributed by atoms with Crippen LogP contribution in [0.5, 0.6) is 5.75 Å². The Labute approximate surface area is 136 Å². The van der Waals surface area contributed by atoms with Gasteiger partial charge in [-0.1, -0.05) is 12.1 Å². The number of benzene rings is 2. The molecule has 0 spiro atoms. The maximum atomic E-state index is 12.2. The molecule has 0 saturated heterocycles. The van der Waals surface area contributed by atoms with Gasteiger partial charge in [-0.05, 0) is 35.9 Å². The summed E-state index contributed by atoms with van der Waals surface area (Å²) in [5, 5.41) is 18.2. The third-order valence-corrected chi connectivity index (χ3v) is 3.66. The van der Waals surface area contributed by atoms with Gasteiger partial charge in [0.1, 0.15) is 5.75 Å². The fourth-order valence-corrected chi connectivity index (χ4v) is 2.49. The summed E-state index contributed by atoms with van der Waals surface area (Å²) in [7, 11) is 0. The highest BCUT2D eigenvalue weighted by Crippen LogP contribution is 2.34. The number of carbonyl (C=O) groups is 3. The van der Waals surface area contributed by atoms with Crippen molar-refractivity contribution in [2.45, 2.75) is 6.54 Å². The maximum absolute atomic E-state index is 12.2. The minimum atomic E-state index is -1.11. The van der Waals surface area contributed by atoms with Gasteiger partial charge >= 0.3 is 11.9 Å². The number of carbonyl (C=O) groups excluding carboxylic acids is 1. The lowest BCUT2D eigenvalue weighted by Gasteiger charge is -2.29. The average Bonchev–Trinajstić information content (AvgIpc) is 2.57. The van der Waals surface area contributed by atoms with Gasteiger partial charge in [-0.15, -0.1) is 0 Å². The molecule has 1 amide bonds. The molecule has 0 atom stereocenters. The Bertz CT molecular complexity index is 845. The Balaban J connectivity index is 1.98. The van der Waals surface area contributed by atoms with Crippen LogP contribution in [0.15, 0.2) is 42.5 Å². The summed E-state index contributed by atoms with van der Waals surface area (Å²) in [5.41, 5.74) is 1.13. The molecule has 0 radical (unpaired) electrons. The van der Waals surface area contributed by atoms with Crippen molar-refractivity contribution in [2.24, 2.45) is 0 Å². The maximum Gasteiger partial charge on any atom is 0.335 e. The van der Waals surface area contributed by atoms with Gasteiger partial charge in [0.25, 0.3) is 5.91 Å². The minimum Gasteiger partial charge on any atom is -0.482 e. The number of fused-ring (bicyclic) bond motifs is 1. The molecule has 0 unspecified atom stereocenters. The first-order valence-electron chi connectivity index (χ1n) is 7.08. The van der Waals surface area contributed by atoms with E-state index >= 15 is 0 Å². The van der Waals surface area contributed by atoms with Crippen molar-refractivity contribution < 1.29 is 29.3 Å². The molecule has 1 heterocycles. The average molecular weight is 327 g/mol. The van der Waals surface area contributed by atoms with Crippen molar-refractivity contribution in [3.8, 4) is 5.75 Å². The van der Waals surface area contributed by atoms with Crippen LogP contribution >= 0.6 is 0 Å².